The first kappa shape index (κ1) is 48.6. The van der Waals surface area contributed by atoms with E-state index in [2.05, 4.69) is 233 Å². The molecule has 4 heterocycles. The maximum absolute atomic E-state index is 6.55. The number of rotatable bonds is 21. The SMILES string of the molecule is CN(CCC[N+](C)(C)CCSSCC[N+](C)(C)CCCN(C)c1ccc(/C=C/C23OCCN2c2ccccc2C3(C)C)cc1)c1ccc(/C=C/C23OCCN2c2ccccc2C3(C)C)cc1. The summed E-state index contributed by atoms with van der Waals surface area (Å²) < 4.78 is 15.2. The molecule has 8 rings (SSSR count). The third-order valence-corrected chi connectivity index (χ3v) is 17.8. The highest BCUT2D eigenvalue weighted by molar-refractivity contribution is 8.76. The van der Waals surface area contributed by atoms with E-state index in [9.17, 15) is 0 Å². The van der Waals surface area contributed by atoms with Crippen molar-refractivity contribution in [1.29, 1.82) is 0 Å². The molecule has 0 radical (unpaired) electrons. The van der Waals surface area contributed by atoms with Gasteiger partial charge in [0.15, 0.2) is 11.4 Å². The highest BCUT2D eigenvalue weighted by Crippen LogP contribution is 2.56. The molecular weight excluding hydrogens is 853 g/mol. The van der Waals surface area contributed by atoms with Crippen molar-refractivity contribution in [3.8, 4) is 0 Å². The van der Waals surface area contributed by atoms with E-state index in [4.69, 9.17) is 9.47 Å². The fraction of sp³-hybridized carbons (Fsp3) is 0.500. The van der Waals surface area contributed by atoms with Gasteiger partial charge in [-0.25, -0.2) is 0 Å². The van der Waals surface area contributed by atoms with E-state index in [1.807, 2.05) is 0 Å². The van der Waals surface area contributed by atoms with Gasteiger partial charge in [0.2, 0.25) is 0 Å². The van der Waals surface area contributed by atoms with Gasteiger partial charge in [-0.3, -0.25) is 0 Å². The Hall–Kier alpha value is -3.90. The predicted molar refractivity (Wildman–Crippen MR) is 286 cm³/mol. The van der Waals surface area contributed by atoms with E-state index >= 15 is 0 Å². The molecular formula is C56H78N6O2S2+2. The molecule has 0 aliphatic carbocycles. The van der Waals surface area contributed by atoms with Gasteiger partial charge >= 0.3 is 0 Å². The van der Waals surface area contributed by atoms with Gasteiger partial charge in [-0.2, -0.15) is 0 Å². The van der Waals surface area contributed by atoms with E-state index in [-0.39, 0.29) is 10.8 Å². The standard InChI is InChI=1S/C56H78N6O2S2/c1-53(2)49-17-11-13-19-51(49)59-35-41-63-55(53,59)31-29-45-21-25-47(26-22-45)57(5)33-15-37-61(7,8)39-43-65-66-44-40-62(9,10)38-16-34-58(6)48-27-23-46(24-28-48)30-32-56-54(3,4)50-18-12-14-20-52(50)60(56)36-42-64-56/h11-14,17-32H,15-16,33-44H2,1-10H3/q+2/b31-29+,32-30+. The molecule has 0 amide bonds. The second-order valence-corrected chi connectivity index (χ2v) is 24.2. The number of nitrogens with zero attached hydrogens (tertiary/aromatic N) is 6. The molecule has 0 saturated carbocycles. The smallest absolute Gasteiger partial charge is 0.170 e. The second kappa shape index (κ2) is 19.6. The van der Waals surface area contributed by atoms with E-state index in [0.717, 1.165) is 48.4 Å². The normalized spacial score (nSPS) is 21.7. The van der Waals surface area contributed by atoms with Crippen molar-refractivity contribution in [3.63, 3.8) is 0 Å². The van der Waals surface area contributed by atoms with Gasteiger partial charge in [0.25, 0.3) is 0 Å². The number of anilines is 4. The van der Waals surface area contributed by atoms with Crippen LogP contribution in [0.4, 0.5) is 22.7 Å². The van der Waals surface area contributed by atoms with Crippen molar-refractivity contribution in [1.82, 2.24) is 0 Å². The molecule has 4 aliphatic heterocycles. The Morgan fingerprint density at radius 3 is 1.32 bits per heavy atom. The Balaban J connectivity index is 0.695. The van der Waals surface area contributed by atoms with Crippen LogP contribution in [0.25, 0.3) is 12.2 Å². The van der Waals surface area contributed by atoms with Crippen molar-refractivity contribution in [2.45, 2.75) is 62.8 Å². The minimum atomic E-state index is -0.449. The first-order chi connectivity index (χ1) is 31.5. The molecule has 0 aromatic heterocycles. The zero-order valence-corrected chi connectivity index (χ0v) is 43.4. The molecule has 4 aromatic rings. The third-order valence-electron chi connectivity index (χ3n) is 15.4. The van der Waals surface area contributed by atoms with Crippen LogP contribution in [0.15, 0.2) is 109 Å². The highest BCUT2D eigenvalue weighted by atomic mass is 33.1. The third kappa shape index (κ3) is 9.70. The van der Waals surface area contributed by atoms with Crippen LogP contribution in [-0.2, 0) is 20.3 Å². The molecule has 8 nitrogen and oxygen atoms in total. The average Bonchev–Trinajstić information content (AvgIpc) is 4.03. The Kier molecular flexibility index (Phi) is 14.4. The summed E-state index contributed by atoms with van der Waals surface area (Å²) in [5.41, 5.74) is 9.10. The number of fused-ring (bicyclic) bond motifs is 6. The van der Waals surface area contributed by atoms with Gasteiger partial charge in [-0.1, -0.05) is 122 Å². The van der Waals surface area contributed by atoms with Crippen molar-refractivity contribution in [2.24, 2.45) is 0 Å². The molecule has 2 fully saturated rings. The lowest BCUT2D eigenvalue weighted by atomic mass is 9.77. The van der Waals surface area contributed by atoms with E-state index < -0.39 is 11.4 Å². The fourth-order valence-corrected chi connectivity index (χ4v) is 13.5. The van der Waals surface area contributed by atoms with Crippen LogP contribution in [0.3, 0.4) is 0 Å². The fourth-order valence-electron chi connectivity index (χ4n) is 11.0. The predicted octanol–water partition coefficient (Wildman–Crippen LogP) is 10.6. The van der Waals surface area contributed by atoms with E-state index in [1.54, 1.807) is 0 Å². The summed E-state index contributed by atoms with van der Waals surface area (Å²) in [6, 6.07) is 35.6. The quantitative estimate of drug-likeness (QED) is 0.0464. The van der Waals surface area contributed by atoms with Crippen LogP contribution >= 0.6 is 21.6 Å². The minimum absolute atomic E-state index is 0.136. The Labute approximate surface area is 406 Å². The summed E-state index contributed by atoms with van der Waals surface area (Å²) in [4.78, 5) is 9.71. The molecule has 4 aromatic carbocycles. The molecule has 2 atom stereocenters. The molecule has 4 aliphatic rings. The number of ether oxygens (including phenoxy) is 2. The number of para-hydroxylation sites is 2. The van der Waals surface area contributed by atoms with E-state index in [0.29, 0.717) is 0 Å². The van der Waals surface area contributed by atoms with Crippen molar-refractivity contribution < 1.29 is 18.4 Å². The summed E-state index contributed by atoms with van der Waals surface area (Å²) in [5.74, 6) is 2.37. The maximum Gasteiger partial charge on any atom is 0.170 e. The molecule has 0 N–H and O–H groups in total. The molecule has 0 spiro atoms. The van der Waals surface area contributed by atoms with Crippen LogP contribution in [-0.4, -0.2) is 140 Å². The molecule has 10 heteroatoms. The van der Waals surface area contributed by atoms with Gasteiger partial charge in [0, 0.05) is 86.7 Å². The lowest BCUT2D eigenvalue weighted by molar-refractivity contribution is -0.887. The summed E-state index contributed by atoms with van der Waals surface area (Å²) in [6.07, 6.45) is 11.4. The molecule has 0 bridgehead atoms. The second-order valence-electron chi connectivity index (χ2n) is 21.5. The van der Waals surface area contributed by atoms with Crippen LogP contribution < -0.4 is 19.6 Å². The van der Waals surface area contributed by atoms with Gasteiger partial charge in [-0.15, -0.1) is 0 Å². The van der Waals surface area contributed by atoms with Gasteiger partial charge in [0.1, 0.15) is 0 Å². The van der Waals surface area contributed by atoms with Crippen molar-refractivity contribution in [2.75, 3.05) is 139 Å². The average molecular weight is 931 g/mol. The zero-order chi connectivity index (χ0) is 46.8. The lowest BCUT2D eigenvalue weighted by Crippen LogP contribution is -2.51. The van der Waals surface area contributed by atoms with Crippen LogP contribution in [0, 0.1) is 0 Å². The van der Waals surface area contributed by atoms with Gasteiger partial charge in [0.05, 0.1) is 79.1 Å². The number of benzene rings is 4. The van der Waals surface area contributed by atoms with Crippen molar-refractivity contribution in [3.05, 3.63) is 131 Å². The van der Waals surface area contributed by atoms with Crippen LogP contribution in [0.5, 0.6) is 0 Å². The van der Waals surface area contributed by atoms with Crippen LogP contribution in [0.2, 0.25) is 0 Å². The summed E-state index contributed by atoms with van der Waals surface area (Å²) >= 11 is 0. The summed E-state index contributed by atoms with van der Waals surface area (Å²) in [5, 5.41) is 0. The Bertz CT molecular complexity index is 2160. The minimum Gasteiger partial charge on any atom is -0.374 e. The number of quaternary nitrogens is 2. The van der Waals surface area contributed by atoms with E-state index in [1.165, 1.54) is 95.5 Å². The topological polar surface area (TPSA) is 31.4 Å². The largest absolute Gasteiger partial charge is 0.374 e. The Morgan fingerprint density at radius 2 is 0.924 bits per heavy atom. The Morgan fingerprint density at radius 1 is 0.545 bits per heavy atom. The lowest BCUT2D eigenvalue weighted by Gasteiger charge is -2.39. The first-order valence-electron chi connectivity index (χ1n) is 24.4. The molecule has 66 heavy (non-hydrogen) atoms. The summed E-state index contributed by atoms with van der Waals surface area (Å²) in [7, 11) is 18.1. The number of hydrogen-bond acceptors (Lipinski definition) is 8. The first-order valence-corrected chi connectivity index (χ1v) is 26.9. The molecule has 2 saturated heterocycles. The van der Waals surface area contributed by atoms with Crippen molar-refractivity contribution >= 4 is 56.5 Å². The zero-order valence-electron chi connectivity index (χ0n) is 41.8. The van der Waals surface area contributed by atoms with Gasteiger partial charge < -0.3 is 38.0 Å². The monoisotopic (exact) mass is 931 g/mol. The highest BCUT2D eigenvalue weighted by Gasteiger charge is 2.60. The molecule has 2 unspecified atom stereocenters. The number of hydrogen-bond donors (Lipinski definition) is 0. The summed E-state index contributed by atoms with van der Waals surface area (Å²) in [6.45, 7) is 19.4. The van der Waals surface area contributed by atoms with Gasteiger partial charge in [-0.05, 0) is 70.8 Å². The van der Waals surface area contributed by atoms with Crippen LogP contribution in [0.1, 0.15) is 62.8 Å². The molecule has 354 valence electrons. The maximum atomic E-state index is 6.55.